The molecule has 1 nitrogen and oxygen atoms in total. The number of fused-ring (bicyclic) bond motifs is 2. The summed E-state index contributed by atoms with van der Waals surface area (Å²) in [6.45, 7) is 6.89. The summed E-state index contributed by atoms with van der Waals surface area (Å²) in [6, 6.07) is 33.1. The van der Waals surface area contributed by atoms with Crippen molar-refractivity contribution in [1.82, 2.24) is 0 Å². The lowest BCUT2D eigenvalue weighted by atomic mass is 9.34. The van der Waals surface area contributed by atoms with Gasteiger partial charge in [-0.15, -0.1) is 0 Å². The van der Waals surface area contributed by atoms with Crippen LogP contribution in [0.2, 0.25) is 0 Å². The monoisotopic (exact) mass is 373 g/mol. The van der Waals surface area contributed by atoms with E-state index in [9.17, 15) is 0 Å². The second-order valence-electron chi connectivity index (χ2n) is 8.03. The summed E-state index contributed by atoms with van der Waals surface area (Å²) in [4.78, 5) is 2.42. The topological polar surface area (TPSA) is 3.24 Å². The minimum Gasteiger partial charge on any atom is -0.312 e. The molecule has 0 saturated heterocycles. The molecule has 0 N–H and O–H groups in total. The normalized spacial score (nSPS) is 12.5. The molecule has 0 amide bonds. The summed E-state index contributed by atoms with van der Waals surface area (Å²) in [5, 5.41) is 0. The number of para-hydroxylation sites is 2. The molecule has 1 aliphatic heterocycles. The first-order valence-corrected chi connectivity index (χ1v) is 10.3. The molecular weight excluding hydrogens is 349 g/mol. The van der Waals surface area contributed by atoms with E-state index in [0.717, 1.165) is 0 Å². The van der Waals surface area contributed by atoms with Crippen molar-refractivity contribution in [2.45, 2.75) is 20.8 Å². The summed E-state index contributed by atoms with van der Waals surface area (Å²) in [7, 11) is 0. The number of nitrogens with zero attached hydrogens (tertiary/aromatic N) is 1. The zero-order valence-corrected chi connectivity index (χ0v) is 17.2. The predicted octanol–water partition coefficient (Wildman–Crippen LogP) is 4.91. The van der Waals surface area contributed by atoms with Crippen molar-refractivity contribution in [1.29, 1.82) is 0 Å². The predicted molar refractivity (Wildman–Crippen MR) is 126 cm³/mol. The molecule has 4 aromatic carbocycles. The van der Waals surface area contributed by atoms with Gasteiger partial charge in [-0.25, -0.2) is 0 Å². The highest BCUT2D eigenvalue weighted by Crippen LogP contribution is 2.36. The summed E-state index contributed by atoms with van der Waals surface area (Å²) in [6.07, 6.45) is 0. The van der Waals surface area contributed by atoms with Crippen LogP contribution in [0.5, 0.6) is 0 Å². The second kappa shape index (κ2) is 6.97. The highest BCUT2D eigenvalue weighted by Gasteiger charge is 2.36. The lowest BCUT2D eigenvalue weighted by Crippen LogP contribution is -2.58. The SMILES string of the molecule is Cc1ccc2c(c1)N(c1ccccc1)c1ccccc1B2c1c(C)cccc1C. The maximum absolute atomic E-state index is 2.42. The van der Waals surface area contributed by atoms with Crippen LogP contribution in [0.15, 0.2) is 91.0 Å². The fourth-order valence-corrected chi connectivity index (χ4v) is 4.77. The lowest BCUT2D eigenvalue weighted by Gasteiger charge is -2.38. The van der Waals surface area contributed by atoms with Crippen LogP contribution in [-0.4, -0.2) is 6.71 Å². The quantitative estimate of drug-likeness (QED) is 0.398. The summed E-state index contributed by atoms with van der Waals surface area (Å²) in [5.41, 5.74) is 11.9. The van der Waals surface area contributed by atoms with Crippen LogP contribution in [0.1, 0.15) is 16.7 Å². The third kappa shape index (κ3) is 2.87. The van der Waals surface area contributed by atoms with E-state index in [2.05, 4.69) is 117 Å². The van der Waals surface area contributed by atoms with Gasteiger partial charge in [0.05, 0.1) is 0 Å². The Bertz CT molecular complexity index is 1180. The van der Waals surface area contributed by atoms with Crippen LogP contribution >= 0.6 is 0 Å². The summed E-state index contributed by atoms with van der Waals surface area (Å²) in [5.74, 6) is 0. The zero-order valence-electron chi connectivity index (χ0n) is 17.2. The molecule has 2 heteroatoms. The molecule has 0 fully saturated rings. The van der Waals surface area contributed by atoms with Gasteiger partial charge in [0.15, 0.2) is 0 Å². The van der Waals surface area contributed by atoms with E-state index in [1.807, 2.05) is 0 Å². The average Bonchev–Trinajstić information content (AvgIpc) is 2.73. The van der Waals surface area contributed by atoms with E-state index in [-0.39, 0.29) is 6.71 Å². The van der Waals surface area contributed by atoms with Gasteiger partial charge in [-0.05, 0) is 61.5 Å². The highest BCUT2D eigenvalue weighted by atomic mass is 15.1. The number of hydrogen-bond acceptors (Lipinski definition) is 1. The first kappa shape index (κ1) is 17.8. The molecule has 0 unspecified atom stereocenters. The zero-order chi connectivity index (χ0) is 20.0. The minimum absolute atomic E-state index is 0.239. The standard InChI is InChI=1S/C27H24BN/c1-19-16-17-24-26(18-19)29(22-12-5-4-6-13-22)25-15-8-7-14-23(25)28(24)27-20(2)10-9-11-21(27)3/h4-18H,1-3H3. The Morgan fingerprint density at radius 2 is 1.24 bits per heavy atom. The van der Waals surface area contributed by atoms with Crippen LogP contribution in [-0.2, 0) is 0 Å². The molecule has 29 heavy (non-hydrogen) atoms. The van der Waals surface area contributed by atoms with Crippen molar-refractivity contribution >= 4 is 40.2 Å². The van der Waals surface area contributed by atoms with Gasteiger partial charge in [0, 0.05) is 17.1 Å². The van der Waals surface area contributed by atoms with Gasteiger partial charge in [0.2, 0.25) is 6.71 Å². The summed E-state index contributed by atoms with van der Waals surface area (Å²) >= 11 is 0. The molecule has 5 rings (SSSR count). The third-order valence-corrected chi connectivity index (χ3v) is 6.07. The Morgan fingerprint density at radius 3 is 2.00 bits per heavy atom. The van der Waals surface area contributed by atoms with Crippen molar-refractivity contribution in [3.63, 3.8) is 0 Å². The van der Waals surface area contributed by atoms with Crippen LogP contribution in [0.3, 0.4) is 0 Å². The van der Waals surface area contributed by atoms with E-state index in [1.54, 1.807) is 0 Å². The van der Waals surface area contributed by atoms with Gasteiger partial charge in [0.25, 0.3) is 0 Å². The van der Waals surface area contributed by atoms with Crippen LogP contribution < -0.4 is 21.3 Å². The number of aryl methyl sites for hydroxylation is 3. The van der Waals surface area contributed by atoms with E-state index < -0.39 is 0 Å². The van der Waals surface area contributed by atoms with E-state index in [0.29, 0.717) is 0 Å². The Morgan fingerprint density at radius 1 is 0.586 bits per heavy atom. The van der Waals surface area contributed by atoms with Crippen molar-refractivity contribution < 1.29 is 0 Å². The van der Waals surface area contributed by atoms with Gasteiger partial charge in [-0.3, -0.25) is 0 Å². The molecule has 0 radical (unpaired) electrons. The smallest absolute Gasteiger partial charge is 0.247 e. The van der Waals surface area contributed by atoms with E-state index in [4.69, 9.17) is 0 Å². The maximum Gasteiger partial charge on any atom is 0.247 e. The Labute approximate surface area is 173 Å². The second-order valence-corrected chi connectivity index (χ2v) is 8.03. The fourth-order valence-electron chi connectivity index (χ4n) is 4.77. The van der Waals surface area contributed by atoms with Crippen molar-refractivity contribution in [2.24, 2.45) is 0 Å². The molecule has 140 valence electrons. The van der Waals surface area contributed by atoms with Gasteiger partial charge in [0.1, 0.15) is 0 Å². The van der Waals surface area contributed by atoms with Crippen molar-refractivity contribution in [2.75, 3.05) is 4.90 Å². The van der Waals surface area contributed by atoms with Crippen molar-refractivity contribution in [3.05, 3.63) is 108 Å². The average molecular weight is 373 g/mol. The van der Waals surface area contributed by atoms with E-state index in [1.165, 1.54) is 50.1 Å². The Kier molecular flexibility index (Phi) is 4.28. The van der Waals surface area contributed by atoms with Crippen LogP contribution in [0.4, 0.5) is 17.1 Å². The molecule has 1 heterocycles. The molecule has 4 aromatic rings. The van der Waals surface area contributed by atoms with Gasteiger partial charge < -0.3 is 4.90 Å². The first-order chi connectivity index (χ1) is 14.1. The molecule has 0 saturated carbocycles. The van der Waals surface area contributed by atoms with Crippen LogP contribution in [0, 0.1) is 20.8 Å². The van der Waals surface area contributed by atoms with Crippen molar-refractivity contribution in [3.8, 4) is 0 Å². The molecule has 1 aliphatic rings. The lowest BCUT2D eigenvalue weighted by molar-refractivity contribution is 1.28. The number of rotatable bonds is 2. The van der Waals surface area contributed by atoms with Gasteiger partial charge >= 0.3 is 0 Å². The van der Waals surface area contributed by atoms with E-state index >= 15 is 0 Å². The first-order valence-electron chi connectivity index (χ1n) is 10.3. The highest BCUT2D eigenvalue weighted by molar-refractivity contribution is 6.98. The third-order valence-electron chi connectivity index (χ3n) is 6.07. The molecule has 0 aliphatic carbocycles. The molecule has 0 spiro atoms. The molecule has 0 bridgehead atoms. The Balaban J connectivity index is 1.85. The number of benzene rings is 4. The molecular formula is C27H24BN. The minimum atomic E-state index is 0.239. The van der Waals surface area contributed by atoms with Gasteiger partial charge in [-0.2, -0.15) is 0 Å². The number of anilines is 3. The molecule has 0 atom stereocenters. The largest absolute Gasteiger partial charge is 0.312 e. The molecule has 0 aromatic heterocycles. The van der Waals surface area contributed by atoms with Gasteiger partial charge in [-0.1, -0.05) is 83.3 Å². The maximum atomic E-state index is 2.42. The fraction of sp³-hybridized carbons (Fsp3) is 0.111. The van der Waals surface area contributed by atoms with Crippen LogP contribution in [0.25, 0.3) is 0 Å². The summed E-state index contributed by atoms with van der Waals surface area (Å²) < 4.78 is 0. The Hall–Kier alpha value is -3.26. The number of hydrogen-bond donors (Lipinski definition) is 0.